The molecule has 1 fully saturated rings. The van der Waals surface area contributed by atoms with Crippen molar-refractivity contribution in [2.75, 3.05) is 18.4 Å². The number of pyridine rings is 1. The SMILES string of the molecule is FC(F)(F)Oc1cccc(Nc2cc3cc(OC4CCNCC4)ccc3cn2)c1. The molecule has 1 saturated heterocycles. The van der Waals surface area contributed by atoms with Gasteiger partial charge < -0.3 is 20.1 Å². The lowest BCUT2D eigenvalue weighted by molar-refractivity contribution is -0.274. The molecule has 1 aliphatic heterocycles. The molecule has 4 rings (SSSR count). The summed E-state index contributed by atoms with van der Waals surface area (Å²) in [6.07, 6.45) is -0.883. The van der Waals surface area contributed by atoms with E-state index in [2.05, 4.69) is 20.4 Å². The first kappa shape index (κ1) is 19.3. The molecule has 2 aromatic carbocycles. The van der Waals surface area contributed by atoms with Crippen molar-refractivity contribution in [2.24, 2.45) is 0 Å². The smallest absolute Gasteiger partial charge is 0.490 e. The molecular weight excluding hydrogens is 383 g/mol. The van der Waals surface area contributed by atoms with Crippen LogP contribution in [0.3, 0.4) is 0 Å². The van der Waals surface area contributed by atoms with Gasteiger partial charge in [-0.3, -0.25) is 0 Å². The van der Waals surface area contributed by atoms with Crippen LogP contribution in [0.5, 0.6) is 11.5 Å². The van der Waals surface area contributed by atoms with E-state index in [-0.39, 0.29) is 11.9 Å². The molecule has 0 unspecified atom stereocenters. The predicted octanol–water partition coefficient (Wildman–Crippen LogP) is 5.01. The zero-order chi connectivity index (χ0) is 20.3. The first-order valence-electron chi connectivity index (χ1n) is 9.35. The van der Waals surface area contributed by atoms with Crippen molar-refractivity contribution in [3.8, 4) is 11.5 Å². The molecule has 152 valence electrons. The average molecular weight is 403 g/mol. The van der Waals surface area contributed by atoms with E-state index in [9.17, 15) is 13.2 Å². The summed E-state index contributed by atoms with van der Waals surface area (Å²) in [5.74, 6) is 1.02. The highest BCUT2D eigenvalue weighted by atomic mass is 19.4. The second-order valence-corrected chi connectivity index (χ2v) is 6.85. The van der Waals surface area contributed by atoms with Crippen molar-refractivity contribution < 1.29 is 22.6 Å². The van der Waals surface area contributed by atoms with Crippen molar-refractivity contribution in [1.29, 1.82) is 0 Å². The van der Waals surface area contributed by atoms with Gasteiger partial charge in [0.15, 0.2) is 0 Å². The van der Waals surface area contributed by atoms with Gasteiger partial charge in [-0.1, -0.05) is 6.07 Å². The molecule has 1 aliphatic rings. The highest BCUT2D eigenvalue weighted by Crippen LogP contribution is 2.28. The zero-order valence-electron chi connectivity index (χ0n) is 15.5. The molecule has 8 heteroatoms. The molecule has 5 nitrogen and oxygen atoms in total. The fourth-order valence-corrected chi connectivity index (χ4v) is 3.29. The molecule has 3 aromatic rings. The molecule has 0 bridgehead atoms. The Balaban J connectivity index is 1.51. The second-order valence-electron chi connectivity index (χ2n) is 6.85. The number of anilines is 2. The van der Waals surface area contributed by atoms with Crippen LogP contribution in [0, 0.1) is 0 Å². The van der Waals surface area contributed by atoms with Crippen molar-refractivity contribution in [2.45, 2.75) is 25.3 Å². The standard InChI is InChI=1S/C21H20F3N3O2/c22-21(23,24)29-19-3-1-2-16(12-19)27-20-11-15-10-18(5-4-14(15)13-26-20)28-17-6-8-25-9-7-17/h1-5,10-13,17,25H,6-9H2,(H,26,27). The first-order chi connectivity index (χ1) is 13.9. The fourth-order valence-electron chi connectivity index (χ4n) is 3.29. The first-order valence-corrected chi connectivity index (χ1v) is 9.35. The Kier molecular flexibility index (Phi) is 5.44. The lowest BCUT2D eigenvalue weighted by Gasteiger charge is -2.24. The summed E-state index contributed by atoms with van der Waals surface area (Å²) >= 11 is 0. The van der Waals surface area contributed by atoms with Gasteiger partial charge >= 0.3 is 6.36 Å². The summed E-state index contributed by atoms with van der Waals surface area (Å²) in [6, 6.07) is 13.3. The number of hydrogen-bond acceptors (Lipinski definition) is 5. The Labute approximate surface area is 165 Å². The number of fused-ring (bicyclic) bond motifs is 1. The van der Waals surface area contributed by atoms with Crippen LogP contribution in [0.2, 0.25) is 0 Å². The third kappa shape index (κ3) is 5.29. The Morgan fingerprint density at radius 2 is 1.79 bits per heavy atom. The number of nitrogens with one attached hydrogen (secondary N) is 2. The summed E-state index contributed by atoms with van der Waals surface area (Å²) in [4.78, 5) is 4.33. The largest absolute Gasteiger partial charge is 0.573 e. The fraction of sp³-hybridized carbons (Fsp3) is 0.286. The van der Waals surface area contributed by atoms with Crippen LogP contribution in [0.25, 0.3) is 10.8 Å². The van der Waals surface area contributed by atoms with Crippen LogP contribution < -0.4 is 20.1 Å². The molecule has 0 saturated carbocycles. The van der Waals surface area contributed by atoms with Gasteiger partial charge in [-0.25, -0.2) is 4.98 Å². The molecule has 29 heavy (non-hydrogen) atoms. The number of alkyl halides is 3. The third-order valence-electron chi connectivity index (χ3n) is 4.62. The van der Waals surface area contributed by atoms with Gasteiger partial charge in [0.05, 0.1) is 0 Å². The Hall–Kier alpha value is -3.00. The van der Waals surface area contributed by atoms with Crippen LogP contribution >= 0.6 is 0 Å². The normalized spacial score (nSPS) is 15.3. The number of hydrogen-bond donors (Lipinski definition) is 2. The highest BCUT2D eigenvalue weighted by molar-refractivity contribution is 5.85. The van der Waals surface area contributed by atoms with Crippen LogP contribution in [-0.2, 0) is 0 Å². The van der Waals surface area contributed by atoms with Crippen LogP contribution in [0.4, 0.5) is 24.7 Å². The molecule has 0 radical (unpaired) electrons. The maximum atomic E-state index is 12.4. The lowest BCUT2D eigenvalue weighted by Crippen LogP contribution is -2.34. The number of halogens is 3. The summed E-state index contributed by atoms with van der Waals surface area (Å²) in [7, 11) is 0. The summed E-state index contributed by atoms with van der Waals surface area (Å²) < 4.78 is 47.3. The molecule has 2 heterocycles. The van der Waals surface area contributed by atoms with E-state index in [1.807, 2.05) is 24.3 Å². The quantitative estimate of drug-likeness (QED) is 0.627. The van der Waals surface area contributed by atoms with Gasteiger partial charge in [0, 0.05) is 23.3 Å². The molecule has 0 aliphatic carbocycles. The van der Waals surface area contributed by atoms with E-state index < -0.39 is 6.36 Å². The summed E-state index contributed by atoms with van der Waals surface area (Å²) in [6.45, 7) is 1.90. The van der Waals surface area contributed by atoms with E-state index in [1.54, 1.807) is 12.3 Å². The van der Waals surface area contributed by atoms with E-state index in [0.29, 0.717) is 11.5 Å². The van der Waals surface area contributed by atoms with E-state index >= 15 is 0 Å². The molecule has 0 atom stereocenters. The molecule has 2 N–H and O–H groups in total. The van der Waals surface area contributed by atoms with E-state index in [0.717, 1.165) is 42.5 Å². The maximum Gasteiger partial charge on any atom is 0.573 e. The van der Waals surface area contributed by atoms with Gasteiger partial charge in [-0.2, -0.15) is 0 Å². The number of piperidine rings is 1. The predicted molar refractivity (Wildman–Crippen MR) is 105 cm³/mol. The third-order valence-corrected chi connectivity index (χ3v) is 4.62. The highest BCUT2D eigenvalue weighted by Gasteiger charge is 2.31. The van der Waals surface area contributed by atoms with Crippen LogP contribution in [-0.4, -0.2) is 30.5 Å². The minimum Gasteiger partial charge on any atom is -0.490 e. The van der Waals surface area contributed by atoms with Gasteiger partial charge in [0.25, 0.3) is 0 Å². The van der Waals surface area contributed by atoms with Gasteiger partial charge in [-0.05, 0) is 67.7 Å². The van der Waals surface area contributed by atoms with Gasteiger partial charge in [0.2, 0.25) is 0 Å². The minimum atomic E-state index is -4.73. The van der Waals surface area contributed by atoms with Crippen molar-refractivity contribution >= 4 is 22.3 Å². The number of ether oxygens (including phenoxy) is 2. The maximum absolute atomic E-state index is 12.4. The van der Waals surface area contributed by atoms with Crippen molar-refractivity contribution in [1.82, 2.24) is 10.3 Å². The number of nitrogens with zero attached hydrogens (tertiary/aromatic N) is 1. The number of benzene rings is 2. The van der Waals surface area contributed by atoms with E-state index in [4.69, 9.17) is 4.74 Å². The zero-order valence-corrected chi connectivity index (χ0v) is 15.5. The second kappa shape index (κ2) is 8.16. The van der Waals surface area contributed by atoms with Gasteiger partial charge in [-0.15, -0.1) is 13.2 Å². The van der Waals surface area contributed by atoms with Crippen LogP contribution in [0.15, 0.2) is 54.7 Å². The lowest BCUT2D eigenvalue weighted by atomic mass is 10.1. The molecular formula is C21H20F3N3O2. The van der Waals surface area contributed by atoms with Crippen LogP contribution in [0.1, 0.15) is 12.8 Å². The molecule has 0 amide bonds. The Bertz CT molecular complexity index is 988. The molecule has 0 spiro atoms. The minimum absolute atomic E-state index is 0.199. The number of aromatic nitrogens is 1. The Morgan fingerprint density at radius 3 is 2.59 bits per heavy atom. The average Bonchev–Trinajstić information content (AvgIpc) is 2.67. The van der Waals surface area contributed by atoms with Crippen molar-refractivity contribution in [3.05, 3.63) is 54.7 Å². The van der Waals surface area contributed by atoms with Gasteiger partial charge in [0.1, 0.15) is 23.4 Å². The number of rotatable bonds is 5. The monoisotopic (exact) mass is 403 g/mol. The van der Waals surface area contributed by atoms with Crippen molar-refractivity contribution in [3.63, 3.8) is 0 Å². The van der Waals surface area contributed by atoms with E-state index in [1.165, 1.54) is 18.2 Å². The summed E-state index contributed by atoms with van der Waals surface area (Å²) in [5, 5.41) is 8.20. The Morgan fingerprint density at radius 1 is 0.966 bits per heavy atom. The molecule has 1 aromatic heterocycles. The summed E-state index contributed by atoms with van der Waals surface area (Å²) in [5.41, 5.74) is 0.445. The topological polar surface area (TPSA) is 55.4 Å².